The van der Waals surface area contributed by atoms with E-state index in [0.29, 0.717) is 24.7 Å². The van der Waals surface area contributed by atoms with E-state index in [4.69, 9.17) is 9.47 Å². The maximum Gasteiger partial charge on any atom is 0.308 e. The molecule has 2 saturated carbocycles. The maximum atomic E-state index is 12.1. The zero-order valence-electron chi connectivity index (χ0n) is 28.2. The monoisotopic (exact) mass is 617 g/mol. The number of benzene rings is 1. The Hall–Kier alpha value is -2.19. The Bertz CT molecular complexity index is 1670. The summed E-state index contributed by atoms with van der Waals surface area (Å²) in [4.78, 5) is 15.7. The Morgan fingerprint density at radius 1 is 1.02 bits per heavy atom. The summed E-state index contributed by atoms with van der Waals surface area (Å²) in [6.07, 6.45) is 6.37. The first-order chi connectivity index (χ1) is 20.9. The number of rotatable bonds is 3. The second kappa shape index (κ2) is 8.83. The fourth-order valence-electron chi connectivity index (χ4n) is 12.1. The fourth-order valence-corrected chi connectivity index (χ4v) is 12.1. The number of fused-ring (bicyclic) bond motifs is 12. The molecule has 10 atom stereocenters. The highest BCUT2D eigenvalue weighted by Crippen LogP contribution is 2.73. The van der Waals surface area contributed by atoms with Crippen LogP contribution in [0.2, 0.25) is 0 Å². The third kappa shape index (κ3) is 3.65. The van der Waals surface area contributed by atoms with E-state index in [0.717, 1.165) is 32.1 Å². The molecule has 2 aliphatic heterocycles. The minimum Gasteiger partial charge on any atom is -0.481 e. The molecule has 3 fully saturated rings. The number of carbonyl (C=O) groups is 1. The number of aromatic nitrogens is 1. The highest BCUT2D eigenvalue weighted by molar-refractivity contribution is 5.92. The van der Waals surface area contributed by atoms with Gasteiger partial charge >= 0.3 is 5.97 Å². The van der Waals surface area contributed by atoms with Gasteiger partial charge in [-0.2, -0.15) is 0 Å². The molecule has 1 aromatic heterocycles. The summed E-state index contributed by atoms with van der Waals surface area (Å²) in [5.74, 6) is -2.34. The molecule has 1 saturated heterocycles. The van der Waals surface area contributed by atoms with Gasteiger partial charge in [0, 0.05) is 39.8 Å². The number of aliphatic hydroxyl groups excluding tert-OH is 1. The predicted octanol–water partition coefficient (Wildman–Crippen LogP) is 6.52. The lowest BCUT2D eigenvalue weighted by Gasteiger charge is -2.65. The molecule has 0 unspecified atom stereocenters. The van der Waals surface area contributed by atoms with E-state index in [9.17, 15) is 20.1 Å². The number of H-pyrrole nitrogens is 1. The number of carboxylic acid groups (broad SMARTS) is 1. The third-order valence-corrected chi connectivity index (χ3v) is 14.6. The number of hydrogen-bond acceptors (Lipinski definition) is 5. The van der Waals surface area contributed by atoms with E-state index in [-0.39, 0.29) is 27.9 Å². The second-order valence-corrected chi connectivity index (χ2v) is 17.5. The van der Waals surface area contributed by atoms with Crippen LogP contribution in [0.15, 0.2) is 18.2 Å². The molecule has 0 spiro atoms. The molecule has 1 aromatic carbocycles. The molecule has 0 radical (unpaired) electrons. The Morgan fingerprint density at radius 3 is 2.47 bits per heavy atom. The minimum absolute atomic E-state index is 0.101. The van der Waals surface area contributed by atoms with Crippen LogP contribution in [0.1, 0.15) is 110 Å². The molecule has 244 valence electrons. The number of carboxylic acids is 1. The number of ether oxygens (including phenoxy) is 2. The van der Waals surface area contributed by atoms with Crippen LogP contribution in [0.25, 0.3) is 16.5 Å². The normalized spacial score (nSPS) is 43.4. The summed E-state index contributed by atoms with van der Waals surface area (Å²) in [7, 11) is 0. The van der Waals surface area contributed by atoms with Crippen molar-refractivity contribution in [2.45, 2.75) is 135 Å². The Labute approximate surface area is 266 Å². The van der Waals surface area contributed by atoms with E-state index in [2.05, 4.69) is 71.7 Å². The van der Waals surface area contributed by atoms with Gasteiger partial charge in [-0.05, 0) is 131 Å². The number of hydrogen-bond donors (Lipinski definition) is 4. The number of nitrogens with one attached hydrogen (secondary N) is 1. The third-order valence-electron chi connectivity index (χ3n) is 14.6. The molecule has 0 bridgehead atoms. The first-order valence-corrected chi connectivity index (χ1v) is 17.3. The Kier molecular flexibility index (Phi) is 5.92. The number of aliphatic hydroxyl groups is 2. The molecule has 8 rings (SSSR count). The molecule has 4 aliphatic carbocycles. The van der Waals surface area contributed by atoms with E-state index in [1.54, 1.807) is 0 Å². The summed E-state index contributed by atoms with van der Waals surface area (Å²) in [6.45, 7) is 17.4. The van der Waals surface area contributed by atoms with Crippen LogP contribution < -0.4 is 0 Å². The van der Waals surface area contributed by atoms with Crippen molar-refractivity contribution in [2.24, 2.45) is 34.5 Å². The quantitative estimate of drug-likeness (QED) is 0.312. The van der Waals surface area contributed by atoms with Gasteiger partial charge in [0.25, 0.3) is 0 Å². The maximum absolute atomic E-state index is 12.1. The zero-order valence-corrected chi connectivity index (χ0v) is 28.2. The standard InChI is InChI=1S/C38H51NO6/c1-19(32(41)42)30(40)28-18-36(7)29-10-9-21-15-24-23-16-22-20(13-26-25(22)17-33(2,3)45-34(26,4)5)14-27(23)39-31(24)37(21,8)35(29,6)11-12-38(36,43)44-28/h14,16-17,19,21,26,28-30,39-40,43H,9-13,15,18H2,1-8H3,(H,41,42)/t19-,21-,26-,28-,29+,30+,35-,36-,37+,38-/m0/s1. The number of aromatic amines is 1. The first-order valence-electron chi connectivity index (χ1n) is 17.3. The van der Waals surface area contributed by atoms with Gasteiger partial charge in [-0.3, -0.25) is 4.79 Å². The molecule has 7 nitrogen and oxygen atoms in total. The van der Waals surface area contributed by atoms with Crippen LogP contribution in [0, 0.1) is 34.5 Å². The van der Waals surface area contributed by atoms with Gasteiger partial charge in [-0.15, -0.1) is 0 Å². The molecule has 4 N–H and O–H groups in total. The smallest absolute Gasteiger partial charge is 0.308 e. The van der Waals surface area contributed by atoms with Crippen LogP contribution in [-0.2, 0) is 32.5 Å². The topological polar surface area (TPSA) is 112 Å². The number of aliphatic carboxylic acids is 1. The average molecular weight is 618 g/mol. The molecule has 7 heteroatoms. The Morgan fingerprint density at radius 2 is 1.76 bits per heavy atom. The molecule has 6 aliphatic rings. The molecule has 0 amide bonds. The summed E-state index contributed by atoms with van der Waals surface area (Å²) in [6, 6.07) is 4.89. The largest absolute Gasteiger partial charge is 0.481 e. The summed E-state index contributed by atoms with van der Waals surface area (Å²) in [5, 5.41) is 34.0. The van der Waals surface area contributed by atoms with Gasteiger partial charge < -0.3 is 29.8 Å². The van der Waals surface area contributed by atoms with Gasteiger partial charge in [0.15, 0.2) is 5.79 Å². The second-order valence-electron chi connectivity index (χ2n) is 17.5. The van der Waals surface area contributed by atoms with Crippen molar-refractivity contribution in [1.82, 2.24) is 4.98 Å². The van der Waals surface area contributed by atoms with Crippen molar-refractivity contribution in [3.8, 4) is 0 Å². The van der Waals surface area contributed by atoms with Crippen molar-refractivity contribution >= 4 is 22.4 Å². The van der Waals surface area contributed by atoms with E-state index < -0.39 is 35.3 Å². The fraction of sp³-hybridized carbons (Fsp3) is 0.711. The van der Waals surface area contributed by atoms with Crippen LogP contribution in [0.3, 0.4) is 0 Å². The highest BCUT2D eigenvalue weighted by Gasteiger charge is 2.73. The molecular weight excluding hydrogens is 566 g/mol. The van der Waals surface area contributed by atoms with E-state index in [1.807, 2.05) is 0 Å². The minimum atomic E-state index is -1.37. The van der Waals surface area contributed by atoms with Gasteiger partial charge in [-0.1, -0.05) is 20.8 Å². The van der Waals surface area contributed by atoms with E-state index in [1.165, 1.54) is 45.8 Å². The summed E-state index contributed by atoms with van der Waals surface area (Å²) in [5.41, 5.74) is 6.99. The Balaban J connectivity index is 1.19. The van der Waals surface area contributed by atoms with Crippen molar-refractivity contribution in [2.75, 3.05) is 0 Å². The SMILES string of the molecule is C[C@H](C(=O)O)[C@@H](O)[C@@H]1C[C@@]2(C)[C@@H]3CC[C@H]4Cc5c([nH]c6cc7c(cc56)C5=CC(C)(C)OC(C)(C)[C@H]5C7)[C@]4(C)[C@@]3(C)CC[C@]2(O)O1. The van der Waals surface area contributed by atoms with Crippen molar-refractivity contribution in [1.29, 1.82) is 0 Å². The van der Waals surface area contributed by atoms with Crippen LogP contribution >= 0.6 is 0 Å². The first kappa shape index (κ1) is 30.2. The lowest BCUT2D eigenvalue weighted by molar-refractivity contribution is -0.301. The van der Waals surface area contributed by atoms with Crippen molar-refractivity contribution in [3.63, 3.8) is 0 Å². The molecule has 45 heavy (non-hydrogen) atoms. The van der Waals surface area contributed by atoms with Crippen LogP contribution in [0.5, 0.6) is 0 Å². The van der Waals surface area contributed by atoms with Crippen molar-refractivity contribution < 1.29 is 29.6 Å². The van der Waals surface area contributed by atoms with Crippen LogP contribution in [0.4, 0.5) is 0 Å². The predicted molar refractivity (Wildman–Crippen MR) is 173 cm³/mol. The van der Waals surface area contributed by atoms with Gasteiger partial charge in [0.1, 0.15) is 0 Å². The molecule has 2 aromatic rings. The summed E-state index contributed by atoms with van der Waals surface area (Å²) >= 11 is 0. The van der Waals surface area contributed by atoms with Gasteiger partial charge in [0.2, 0.25) is 0 Å². The lowest BCUT2D eigenvalue weighted by atomic mass is 9.40. The van der Waals surface area contributed by atoms with Gasteiger partial charge in [0.05, 0.1) is 29.3 Å². The molecule has 3 heterocycles. The zero-order chi connectivity index (χ0) is 32.3. The van der Waals surface area contributed by atoms with Crippen LogP contribution in [-0.4, -0.2) is 55.5 Å². The van der Waals surface area contributed by atoms with Gasteiger partial charge in [-0.25, -0.2) is 0 Å². The van der Waals surface area contributed by atoms with Crippen molar-refractivity contribution in [3.05, 3.63) is 40.6 Å². The molecular formula is C38H51NO6. The summed E-state index contributed by atoms with van der Waals surface area (Å²) < 4.78 is 12.8. The highest BCUT2D eigenvalue weighted by atomic mass is 16.6. The average Bonchev–Trinajstić information content (AvgIpc) is 3.64. The lowest BCUT2D eigenvalue weighted by Crippen LogP contribution is -2.65. The van der Waals surface area contributed by atoms with E-state index >= 15 is 0 Å².